The van der Waals surface area contributed by atoms with Gasteiger partial charge in [-0.25, -0.2) is 4.39 Å². The molecule has 0 aromatic heterocycles. The topological polar surface area (TPSA) is 12.0 Å². The van der Waals surface area contributed by atoms with Crippen LogP contribution < -0.4 is 5.32 Å². The molecule has 0 saturated heterocycles. The van der Waals surface area contributed by atoms with E-state index in [1.54, 1.807) is 24.3 Å². The SMILES string of the molecule is CNC(Cc1cc(Cl)ccc1F)Cc1ccc(Cl)cc1Cl. The molecule has 1 unspecified atom stereocenters. The van der Waals surface area contributed by atoms with Crippen molar-refractivity contribution >= 4 is 34.8 Å². The molecule has 0 spiro atoms. The fourth-order valence-corrected chi connectivity index (χ4v) is 2.87. The predicted molar refractivity (Wildman–Crippen MR) is 88.1 cm³/mol. The number of halogens is 4. The van der Waals surface area contributed by atoms with Gasteiger partial charge in [0.05, 0.1) is 0 Å². The van der Waals surface area contributed by atoms with E-state index >= 15 is 0 Å². The second kappa shape index (κ2) is 7.46. The standard InChI is InChI=1S/C16H15Cl3FN/c1-21-14(7-10-2-3-13(18)9-15(10)19)8-11-6-12(17)4-5-16(11)20/h2-6,9,14,21H,7-8H2,1H3. The fourth-order valence-electron chi connectivity index (χ4n) is 2.19. The van der Waals surface area contributed by atoms with Gasteiger partial charge in [0, 0.05) is 21.1 Å². The molecule has 0 aliphatic rings. The van der Waals surface area contributed by atoms with Crippen molar-refractivity contribution < 1.29 is 4.39 Å². The Labute approximate surface area is 139 Å². The van der Waals surface area contributed by atoms with Crippen LogP contribution in [0.3, 0.4) is 0 Å². The first-order valence-electron chi connectivity index (χ1n) is 6.54. The Morgan fingerprint density at radius 1 is 0.952 bits per heavy atom. The number of rotatable bonds is 5. The molecule has 5 heteroatoms. The Morgan fingerprint density at radius 3 is 2.24 bits per heavy atom. The number of likely N-dealkylation sites (N-methyl/N-ethyl adjacent to an activating group) is 1. The van der Waals surface area contributed by atoms with Crippen LogP contribution in [0.4, 0.5) is 4.39 Å². The highest BCUT2D eigenvalue weighted by atomic mass is 35.5. The predicted octanol–water partition coefficient (Wildman–Crippen LogP) is 5.16. The third-order valence-corrected chi connectivity index (χ3v) is 4.19. The summed E-state index contributed by atoms with van der Waals surface area (Å²) in [6.45, 7) is 0. The first-order valence-corrected chi connectivity index (χ1v) is 7.68. The van der Waals surface area contributed by atoms with Gasteiger partial charge in [0.2, 0.25) is 0 Å². The molecule has 0 saturated carbocycles. The molecule has 2 aromatic carbocycles. The molecule has 2 rings (SSSR count). The van der Waals surface area contributed by atoms with Crippen LogP contribution in [-0.4, -0.2) is 13.1 Å². The molecule has 0 heterocycles. The van der Waals surface area contributed by atoms with Gasteiger partial charge >= 0.3 is 0 Å². The largest absolute Gasteiger partial charge is 0.316 e. The highest BCUT2D eigenvalue weighted by molar-refractivity contribution is 6.35. The molecule has 0 aliphatic carbocycles. The monoisotopic (exact) mass is 345 g/mol. The number of hydrogen-bond acceptors (Lipinski definition) is 1. The zero-order valence-corrected chi connectivity index (χ0v) is 13.7. The first kappa shape index (κ1) is 16.6. The highest BCUT2D eigenvalue weighted by Gasteiger charge is 2.14. The summed E-state index contributed by atoms with van der Waals surface area (Å²) in [6, 6.07) is 10.1. The zero-order valence-electron chi connectivity index (χ0n) is 11.5. The van der Waals surface area contributed by atoms with Crippen molar-refractivity contribution in [2.24, 2.45) is 0 Å². The molecule has 1 nitrogen and oxygen atoms in total. The number of hydrogen-bond donors (Lipinski definition) is 1. The molecular weight excluding hydrogens is 332 g/mol. The quantitative estimate of drug-likeness (QED) is 0.788. The Kier molecular flexibility index (Phi) is 5.88. The van der Waals surface area contributed by atoms with E-state index in [1.165, 1.54) is 6.07 Å². The van der Waals surface area contributed by atoms with Crippen molar-refractivity contribution in [1.29, 1.82) is 0 Å². The van der Waals surface area contributed by atoms with E-state index in [4.69, 9.17) is 34.8 Å². The Balaban J connectivity index is 2.14. The Morgan fingerprint density at radius 2 is 1.57 bits per heavy atom. The van der Waals surface area contributed by atoms with Gasteiger partial charge in [-0.15, -0.1) is 0 Å². The van der Waals surface area contributed by atoms with Crippen LogP contribution >= 0.6 is 34.8 Å². The van der Waals surface area contributed by atoms with Gasteiger partial charge in [-0.1, -0.05) is 40.9 Å². The molecule has 0 amide bonds. The minimum Gasteiger partial charge on any atom is -0.316 e. The smallest absolute Gasteiger partial charge is 0.126 e. The highest BCUT2D eigenvalue weighted by Crippen LogP contribution is 2.23. The summed E-state index contributed by atoms with van der Waals surface area (Å²) < 4.78 is 13.8. The van der Waals surface area contributed by atoms with E-state index in [0.29, 0.717) is 33.5 Å². The lowest BCUT2D eigenvalue weighted by Crippen LogP contribution is -2.30. The minimum absolute atomic E-state index is 0.0524. The molecular formula is C16H15Cl3FN. The van der Waals surface area contributed by atoms with Crippen LogP contribution in [0.2, 0.25) is 15.1 Å². The van der Waals surface area contributed by atoms with E-state index in [0.717, 1.165) is 5.56 Å². The van der Waals surface area contributed by atoms with Crippen LogP contribution in [0.15, 0.2) is 36.4 Å². The molecule has 112 valence electrons. The Bertz CT molecular complexity index is 631. The molecule has 0 radical (unpaired) electrons. The normalized spacial score (nSPS) is 12.4. The third kappa shape index (κ3) is 4.58. The van der Waals surface area contributed by atoms with Crippen molar-refractivity contribution in [3.63, 3.8) is 0 Å². The zero-order chi connectivity index (χ0) is 15.4. The molecule has 1 atom stereocenters. The maximum absolute atomic E-state index is 13.8. The summed E-state index contributed by atoms with van der Waals surface area (Å²) in [4.78, 5) is 0. The second-order valence-electron chi connectivity index (χ2n) is 4.87. The van der Waals surface area contributed by atoms with Crippen molar-refractivity contribution in [1.82, 2.24) is 5.32 Å². The summed E-state index contributed by atoms with van der Waals surface area (Å²) in [6.07, 6.45) is 1.21. The lowest BCUT2D eigenvalue weighted by atomic mass is 9.98. The number of nitrogens with one attached hydrogen (secondary N) is 1. The Hall–Kier alpha value is -0.800. The fraction of sp³-hybridized carbons (Fsp3) is 0.250. The molecule has 0 fully saturated rings. The van der Waals surface area contributed by atoms with E-state index in [2.05, 4.69) is 5.32 Å². The van der Waals surface area contributed by atoms with Gasteiger partial charge in [-0.3, -0.25) is 0 Å². The summed E-state index contributed by atoms with van der Waals surface area (Å²) in [5.41, 5.74) is 1.56. The summed E-state index contributed by atoms with van der Waals surface area (Å²) in [7, 11) is 1.84. The van der Waals surface area contributed by atoms with E-state index in [1.807, 2.05) is 13.1 Å². The average Bonchev–Trinajstić information content (AvgIpc) is 2.44. The van der Waals surface area contributed by atoms with E-state index in [-0.39, 0.29) is 11.9 Å². The van der Waals surface area contributed by atoms with Crippen molar-refractivity contribution in [3.8, 4) is 0 Å². The van der Waals surface area contributed by atoms with Gasteiger partial charge in [-0.05, 0) is 61.3 Å². The van der Waals surface area contributed by atoms with Gasteiger partial charge in [-0.2, -0.15) is 0 Å². The maximum atomic E-state index is 13.8. The average molecular weight is 347 g/mol. The number of benzene rings is 2. The van der Waals surface area contributed by atoms with E-state index < -0.39 is 0 Å². The summed E-state index contributed by atoms with van der Waals surface area (Å²) >= 11 is 18.0. The second-order valence-corrected chi connectivity index (χ2v) is 6.15. The van der Waals surface area contributed by atoms with Crippen LogP contribution in [0, 0.1) is 5.82 Å². The molecule has 1 N–H and O–H groups in total. The van der Waals surface area contributed by atoms with Crippen LogP contribution in [0.5, 0.6) is 0 Å². The molecule has 0 aliphatic heterocycles. The van der Waals surface area contributed by atoms with Crippen LogP contribution in [0.25, 0.3) is 0 Å². The van der Waals surface area contributed by atoms with Crippen molar-refractivity contribution in [3.05, 3.63) is 68.4 Å². The lowest BCUT2D eigenvalue weighted by molar-refractivity contribution is 0.532. The molecule has 21 heavy (non-hydrogen) atoms. The van der Waals surface area contributed by atoms with Gasteiger partial charge in [0.1, 0.15) is 5.82 Å². The summed E-state index contributed by atoms with van der Waals surface area (Å²) in [5.74, 6) is -0.248. The van der Waals surface area contributed by atoms with E-state index in [9.17, 15) is 4.39 Å². The lowest BCUT2D eigenvalue weighted by Gasteiger charge is -2.18. The summed E-state index contributed by atoms with van der Waals surface area (Å²) in [5, 5.41) is 4.94. The van der Waals surface area contributed by atoms with Gasteiger partial charge < -0.3 is 5.32 Å². The van der Waals surface area contributed by atoms with Crippen molar-refractivity contribution in [2.75, 3.05) is 7.05 Å². The minimum atomic E-state index is -0.248. The van der Waals surface area contributed by atoms with Gasteiger partial charge in [0.15, 0.2) is 0 Å². The maximum Gasteiger partial charge on any atom is 0.126 e. The van der Waals surface area contributed by atoms with Crippen LogP contribution in [0.1, 0.15) is 11.1 Å². The van der Waals surface area contributed by atoms with Crippen molar-refractivity contribution in [2.45, 2.75) is 18.9 Å². The third-order valence-electron chi connectivity index (χ3n) is 3.36. The molecule has 0 bridgehead atoms. The first-order chi connectivity index (χ1) is 9.99. The van der Waals surface area contributed by atoms with Gasteiger partial charge in [0.25, 0.3) is 0 Å². The molecule has 2 aromatic rings. The van der Waals surface area contributed by atoms with Crippen LogP contribution in [-0.2, 0) is 12.8 Å².